The molecule has 1 atom stereocenters. The minimum atomic E-state index is -1.09. The number of hydrogen-bond acceptors (Lipinski definition) is 4. The van der Waals surface area contributed by atoms with Crippen molar-refractivity contribution in [1.29, 1.82) is 0 Å². The summed E-state index contributed by atoms with van der Waals surface area (Å²) in [6, 6.07) is 17.6. The molecule has 114 valence electrons. The van der Waals surface area contributed by atoms with Crippen LogP contribution in [0.15, 0.2) is 60.7 Å². The second kappa shape index (κ2) is 7.83. The van der Waals surface area contributed by atoms with E-state index in [4.69, 9.17) is 9.47 Å². The first-order valence-electron chi connectivity index (χ1n) is 6.95. The topological polar surface area (TPSA) is 64.6 Å². The van der Waals surface area contributed by atoms with Gasteiger partial charge in [-0.15, -0.1) is 0 Å². The van der Waals surface area contributed by atoms with Crippen LogP contribution in [0.4, 0.5) is 10.5 Å². The monoisotopic (exact) mass is 299 g/mol. The maximum absolute atomic E-state index is 12.0. The summed E-state index contributed by atoms with van der Waals surface area (Å²) in [6.07, 6.45) is -1.81. The molecular weight excluding hydrogens is 282 g/mol. The normalized spacial score (nSPS) is 11.3. The summed E-state index contributed by atoms with van der Waals surface area (Å²) in [6.45, 7) is 1.91. The molecule has 0 heterocycles. The zero-order valence-corrected chi connectivity index (χ0v) is 12.2. The smallest absolute Gasteiger partial charge is 0.412 e. The highest BCUT2D eigenvalue weighted by atomic mass is 16.6. The van der Waals surface area contributed by atoms with Crippen LogP contribution < -0.4 is 5.32 Å². The van der Waals surface area contributed by atoms with Gasteiger partial charge in [0.15, 0.2) is 0 Å². The minimum absolute atomic E-state index is 0.214. The molecule has 5 heteroatoms. The second-order valence-corrected chi connectivity index (χ2v) is 4.44. The van der Waals surface area contributed by atoms with Crippen LogP contribution in [0.25, 0.3) is 0 Å². The van der Waals surface area contributed by atoms with Gasteiger partial charge in [0.2, 0.25) is 6.10 Å². The molecule has 0 aromatic heterocycles. The van der Waals surface area contributed by atoms with Gasteiger partial charge in [0.05, 0.1) is 6.61 Å². The number of carbonyl (C=O) groups is 2. The van der Waals surface area contributed by atoms with E-state index in [0.717, 1.165) is 0 Å². The Balaban J connectivity index is 2.09. The number of nitrogens with one attached hydrogen (secondary N) is 1. The first kappa shape index (κ1) is 15.6. The molecule has 0 fully saturated rings. The Labute approximate surface area is 128 Å². The lowest BCUT2D eigenvalue weighted by atomic mass is 10.1. The number of para-hydroxylation sites is 1. The maximum Gasteiger partial charge on any atom is 0.412 e. The Kier molecular flexibility index (Phi) is 5.54. The molecule has 0 saturated heterocycles. The van der Waals surface area contributed by atoms with Crippen molar-refractivity contribution in [3.05, 3.63) is 66.2 Å². The molecule has 2 aromatic carbocycles. The number of amides is 1. The van der Waals surface area contributed by atoms with Crippen LogP contribution in [0.3, 0.4) is 0 Å². The van der Waals surface area contributed by atoms with E-state index >= 15 is 0 Å². The van der Waals surface area contributed by atoms with E-state index in [1.54, 1.807) is 55.5 Å². The van der Waals surface area contributed by atoms with Gasteiger partial charge in [-0.2, -0.15) is 0 Å². The summed E-state index contributed by atoms with van der Waals surface area (Å²) in [4.78, 5) is 24.0. The minimum Gasteiger partial charge on any atom is -0.463 e. The molecule has 22 heavy (non-hydrogen) atoms. The molecule has 0 bridgehead atoms. The number of hydrogen-bond donors (Lipinski definition) is 1. The van der Waals surface area contributed by atoms with Gasteiger partial charge in [-0.05, 0) is 19.1 Å². The summed E-state index contributed by atoms with van der Waals surface area (Å²) in [5.74, 6) is -0.600. The molecule has 0 radical (unpaired) electrons. The fourth-order valence-electron chi connectivity index (χ4n) is 1.87. The molecule has 0 saturated carbocycles. The fourth-order valence-corrected chi connectivity index (χ4v) is 1.87. The van der Waals surface area contributed by atoms with Crippen molar-refractivity contribution >= 4 is 17.7 Å². The van der Waals surface area contributed by atoms with Crippen molar-refractivity contribution in [3.63, 3.8) is 0 Å². The van der Waals surface area contributed by atoms with Crippen molar-refractivity contribution in [3.8, 4) is 0 Å². The molecule has 2 aromatic rings. The van der Waals surface area contributed by atoms with Crippen molar-refractivity contribution < 1.29 is 19.1 Å². The van der Waals surface area contributed by atoms with Crippen molar-refractivity contribution in [1.82, 2.24) is 0 Å². The van der Waals surface area contributed by atoms with Gasteiger partial charge < -0.3 is 9.47 Å². The lowest BCUT2D eigenvalue weighted by Crippen LogP contribution is -2.24. The van der Waals surface area contributed by atoms with Gasteiger partial charge in [0.25, 0.3) is 0 Å². The summed E-state index contributed by atoms with van der Waals surface area (Å²) < 4.78 is 10.2. The fraction of sp³-hybridized carbons (Fsp3) is 0.176. The van der Waals surface area contributed by atoms with Crippen LogP contribution in [0.1, 0.15) is 18.6 Å². The Morgan fingerprint density at radius 1 is 1.00 bits per heavy atom. The van der Waals surface area contributed by atoms with E-state index < -0.39 is 18.2 Å². The maximum atomic E-state index is 12.0. The summed E-state index contributed by atoms with van der Waals surface area (Å²) in [5, 5.41) is 2.57. The Bertz CT molecular complexity index is 613. The lowest BCUT2D eigenvalue weighted by Gasteiger charge is -2.17. The first-order chi connectivity index (χ1) is 10.7. The van der Waals surface area contributed by atoms with Crippen LogP contribution >= 0.6 is 0 Å². The van der Waals surface area contributed by atoms with Crippen LogP contribution in [-0.2, 0) is 14.3 Å². The molecule has 0 spiro atoms. The second-order valence-electron chi connectivity index (χ2n) is 4.44. The standard InChI is InChI=1S/C17H17NO4/c1-2-21-16(19)15(13-9-5-3-6-10-13)22-17(20)18-14-11-7-4-8-12-14/h3-12,15H,2H2,1H3,(H,18,20)/t15-/m0/s1. The van der Waals surface area contributed by atoms with Gasteiger partial charge in [-0.3, -0.25) is 5.32 Å². The zero-order valence-electron chi connectivity index (χ0n) is 12.2. The highest BCUT2D eigenvalue weighted by molar-refractivity contribution is 5.87. The molecule has 0 aliphatic rings. The third-order valence-electron chi connectivity index (χ3n) is 2.85. The number of rotatable bonds is 5. The van der Waals surface area contributed by atoms with Gasteiger partial charge in [-0.1, -0.05) is 48.5 Å². The third-order valence-corrected chi connectivity index (χ3v) is 2.85. The summed E-state index contributed by atoms with van der Waals surface area (Å²) in [7, 11) is 0. The largest absolute Gasteiger partial charge is 0.463 e. The predicted molar refractivity (Wildman–Crippen MR) is 82.4 cm³/mol. The van der Waals surface area contributed by atoms with Gasteiger partial charge in [-0.25, -0.2) is 9.59 Å². The molecular formula is C17H17NO4. The molecule has 0 aliphatic carbocycles. The number of anilines is 1. The molecule has 1 N–H and O–H groups in total. The number of esters is 1. The van der Waals surface area contributed by atoms with Crippen molar-refractivity contribution in [2.45, 2.75) is 13.0 Å². The Morgan fingerprint density at radius 2 is 1.59 bits per heavy atom. The molecule has 0 aliphatic heterocycles. The lowest BCUT2D eigenvalue weighted by molar-refractivity contribution is -0.153. The molecule has 5 nitrogen and oxygen atoms in total. The molecule has 1 amide bonds. The summed E-state index contributed by atoms with van der Waals surface area (Å²) >= 11 is 0. The quantitative estimate of drug-likeness (QED) is 0.858. The van der Waals surface area contributed by atoms with E-state index in [1.165, 1.54) is 0 Å². The van der Waals surface area contributed by atoms with Gasteiger partial charge in [0, 0.05) is 11.3 Å². The number of carbonyl (C=O) groups excluding carboxylic acids is 2. The van der Waals surface area contributed by atoms with Crippen LogP contribution in [-0.4, -0.2) is 18.7 Å². The number of ether oxygens (including phenoxy) is 2. The molecule has 0 unspecified atom stereocenters. The predicted octanol–water partition coefficient (Wildman–Crippen LogP) is 3.54. The van der Waals surface area contributed by atoms with E-state index in [0.29, 0.717) is 11.3 Å². The highest BCUT2D eigenvalue weighted by Crippen LogP contribution is 2.20. The van der Waals surface area contributed by atoms with E-state index in [1.807, 2.05) is 12.1 Å². The van der Waals surface area contributed by atoms with Crippen molar-refractivity contribution in [2.75, 3.05) is 11.9 Å². The zero-order chi connectivity index (χ0) is 15.8. The average molecular weight is 299 g/mol. The van der Waals surface area contributed by atoms with E-state index in [2.05, 4.69) is 5.32 Å². The van der Waals surface area contributed by atoms with E-state index in [9.17, 15) is 9.59 Å². The van der Waals surface area contributed by atoms with E-state index in [-0.39, 0.29) is 6.61 Å². The van der Waals surface area contributed by atoms with Crippen LogP contribution in [0.5, 0.6) is 0 Å². The average Bonchev–Trinajstić information content (AvgIpc) is 2.54. The van der Waals surface area contributed by atoms with Gasteiger partial charge >= 0.3 is 12.1 Å². The SMILES string of the molecule is CCOC(=O)[C@@H](OC(=O)Nc1ccccc1)c1ccccc1. The summed E-state index contributed by atoms with van der Waals surface area (Å²) in [5.41, 5.74) is 1.15. The van der Waals surface area contributed by atoms with Crippen molar-refractivity contribution in [2.24, 2.45) is 0 Å². The Morgan fingerprint density at radius 3 is 2.18 bits per heavy atom. The number of benzene rings is 2. The van der Waals surface area contributed by atoms with Gasteiger partial charge in [0.1, 0.15) is 0 Å². The third kappa shape index (κ3) is 4.34. The first-order valence-corrected chi connectivity index (χ1v) is 6.95. The van der Waals surface area contributed by atoms with Crippen LogP contribution in [0.2, 0.25) is 0 Å². The van der Waals surface area contributed by atoms with Crippen LogP contribution in [0, 0.1) is 0 Å². The highest BCUT2D eigenvalue weighted by Gasteiger charge is 2.26. The molecule has 2 rings (SSSR count). The Hall–Kier alpha value is -2.82.